The Kier molecular flexibility index (Phi) is 4.51. The van der Waals surface area contributed by atoms with Gasteiger partial charge in [-0.05, 0) is 75.0 Å². The normalized spacial score (nSPS) is 11.4. The second-order valence-electron chi connectivity index (χ2n) is 4.36. The molecule has 0 bridgehead atoms. The Morgan fingerprint density at radius 1 is 1.10 bits per heavy atom. The zero-order valence-electron chi connectivity index (χ0n) is 10.8. The van der Waals surface area contributed by atoms with E-state index < -0.39 is 10.0 Å². The van der Waals surface area contributed by atoms with Gasteiger partial charge in [0.05, 0.1) is 0 Å². The first-order chi connectivity index (χ1) is 9.29. The molecular formula is C13H12Br2N2O2S. The smallest absolute Gasteiger partial charge is 0.263 e. The zero-order chi connectivity index (χ0) is 14.9. The van der Waals surface area contributed by atoms with Gasteiger partial charge in [0, 0.05) is 15.1 Å². The maximum Gasteiger partial charge on any atom is 0.264 e. The van der Waals surface area contributed by atoms with Crippen molar-refractivity contribution in [2.45, 2.75) is 18.7 Å². The number of aromatic nitrogens is 1. The molecule has 0 aliphatic rings. The van der Waals surface area contributed by atoms with Crippen molar-refractivity contribution in [3.63, 3.8) is 0 Å². The minimum atomic E-state index is -3.67. The predicted molar refractivity (Wildman–Crippen MR) is 86.4 cm³/mol. The summed E-state index contributed by atoms with van der Waals surface area (Å²) < 4.78 is 28.5. The lowest BCUT2D eigenvalue weighted by Crippen LogP contribution is -2.14. The number of benzene rings is 1. The first kappa shape index (κ1) is 15.5. The fourth-order valence-electron chi connectivity index (χ4n) is 1.61. The van der Waals surface area contributed by atoms with Crippen molar-refractivity contribution in [3.8, 4) is 0 Å². The molecule has 0 saturated heterocycles. The molecule has 7 heteroatoms. The van der Waals surface area contributed by atoms with Gasteiger partial charge in [-0.1, -0.05) is 6.07 Å². The van der Waals surface area contributed by atoms with E-state index in [1.54, 1.807) is 30.5 Å². The lowest BCUT2D eigenvalue weighted by atomic mass is 10.2. The van der Waals surface area contributed by atoms with Crippen molar-refractivity contribution < 1.29 is 8.42 Å². The molecule has 0 aliphatic heterocycles. The first-order valence-corrected chi connectivity index (χ1v) is 8.77. The van der Waals surface area contributed by atoms with E-state index in [-0.39, 0.29) is 10.7 Å². The van der Waals surface area contributed by atoms with E-state index in [0.29, 0.717) is 4.47 Å². The third-order valence-corrected chi connectivity index (χ3v) is 5.82. The van der Waals surface area contributed by atoms with Crippen molar-refractivity contribution in [2.75, 3.05) is 4.72 Å². The van der Waals surface area contributed by atoms with Gasteiger partial charge in [-0.2, -0.15) is 0 Å². The summed E-state index contributed by atoms with van der Waals surface area (Å²) in [5, 5.41) is 0. The summed E-state index contributed by atoms with van der Waals surface area (Å²) in [7, 11) is -3.67. The van der Waals surface area contributed by atoms with E-state index in [0.717, 1.165) is 15.6 Å². The standard InChI is InChI=1S/C13H12Br2N2O2S/c1-8-3-4-12(10(14)5-8)20(18,19)17-13-6-9(2)11(15)7-16-13/h3-7H,1-2H3,(H,16,17). The Hall–Kier alpha value is -0.920. The Balaban J connectivity index is 2.38. The largest absolute Gasteiger partial charge is 0.264 e. The Bertz CT molecular complexity index is 761. The Morgan fingerprint density at radius 3 is 2.40 bits per heavy atom. The number of anilines is 1. The first-order valence-electron chi connectivity index (χ1n) is 5.71. The van der Waals surface area contributed by atoms with E-state index >= 15 is 0 Å². The number of pyridine rings is 1. The molecule has 106 valence electrons. The number of halogens is 2. The third kappa shape index (κ3) is 3.39. The Morgan fingerprint density at radius 2 is 1.80 bits per heavy atom. The summed E-state index contributed by atoms with van der Waals surface area (Å²) in [5.41, 5.74) is 1.88. The van der Waals surface area contributed by atoms with E-state index in [4.69, 9.17) is 0 Å². The van der Waals surface area contributed by atoms with Crippen LogP contribution < -0.4 is 4.72 Å². The van der Waals surface area contributed by atoms with Crippen molar-refractivity contribution in [3.05, 3.63) is 50.5 Å². The molecule has 0 atom stereocenters. The number of nitrogens with one attached hydrogen (secondary N) is 1. The van der Waals surface area contributed by atoms with Crippen molar-refractivity contribution in [2.24, 2.45) is 0 Å². The highest BCUT2D eigenvalue weighted by Gasteiger charge is 2.18. The van der Waals surface area contributed by atoms with Crippen LogP contribution >= 0.6 is 31.9 Å². The molecule has 1 aromatic heterocycles. The summed E-state index contributed by atoms with van der Waals surface area (Å²) in [6.07, 6.45) is 1.57. The van der Waals surface area contributed by atoms with Crippen LogP contribution in [0.15, 0.2) is 44.3 Å². The molecular weight excluding hydrogens is 408 g/mol. The minimum absolute atomic E-state index is 0.186. The van der Waals surface area contributed by atoms with Gasteiger partial charge in [0.2, 0.25) is 0 Å². The summed E-state index contributed by atoms with van der Waals surface area (Å²) in [6, 6.07) is 6.74. The number of rotatable bonds is 3. The molecule has 2 rings (SSSR count). The number of sulfonamides is 1. The van der Waals surface area contributed by atoms with Gasteiger partial charge in [0.25, 0.3) is 10.0 Å². The minimum Gasteiger partial charge on any atom is -0.263 e. The summed E-state index contributed by atoms with van der Waals surface area (Å²) in [5.74, 6) is 0.290. The van der Waals surface area contributed by atoms with Crippen LogP contribution in [0.1, 0.15) is 11.1 Å². The number of nitrogens with zero attached hydrogens (tertiary/aromatic N) is 1. The number of hydrogen-bond acceptors (Lipinski definition) is 3. The predicted octanol–water partition coefficient (Wildman–Crippen LogP) is 4.02. The van der Waals surface area contributed by atoms with E-state index in [1.165, 1.54) is 0 Å². The average molecular weight is 420 g/mol. The quantitative estimate of drug-likeness (QED) is 0.816. The van der Waals surface area contributed by atoms with Crippen molar-refractivity contribution >= 4 is 47.7 Å². The highest BCUT2D eigenvalue weighted by molar-refractivity contribution is 9.10. The van der Waals surface area contributed by atoms with E-state index in [1.807, 2.05) is 13.8 Å². The van der Waals surface area contributed by atoms with Gasteiger partial charge >= 0.3 is 0 Å². The lowest BCUT2D eigenvalue weighted by Gasteiger charge is -2.10. The molecule has 0 aliphatic carbocycles. The molecule has 2 aromatic rings. The average Bonchev–Trinajstić information content (AvgIpc) is 2.33. The molecule has 0 radical (unpaired) electrons. The van der Waals surface area contributed by atoms with Gasteiger partial charge in [-0.15, -0.1) is 0 Å². The van der Waals surface area contributed by atoms with Gasteiger partial charge in [0.15, 0.2) is 0 Å². The monoisotopic (exact) mass is 418 g/mol. The molecule has 0 fully saturated rings. The molecule has 0 spiro atoms. The maximum absolute atomic E-state index is 12.3. The second kappa shape index (κ2) is 5.83. The summed E-state index contributed by atoms with van der Waals surface area (Å²) in [4.78, 5) is 4.23. The van der Waals surface area contributed by atoms with Crippen molar-refractivity contribution in [1.82, 2.24) is 4.98 Å². The van der Waals surface area contributed by atoms with Crippen LogP contribution in [0, 0.1) is 13.8 Å². The van der Waals surface area contributed by atoms with Crippen LogP contribution in [0.2, 0.25) is 0 Å². The highest BCUT2D eigenvalue weighted by atomic mass is 79.9. The van der Waals surface area contributed by atoms with Crippen LogP contribution in [-0.2, 0) is 10.0 Å². The second-order valence-corrected chi connectivity index (χ2v) is 7.72. The lowest BCUT2D eigenvalue weighted by molar-refractivity contribution is 0.600. The molecule has 1 N–H and O–H groups in total. The van der Waals surface area contributed by atoms with Gasteiger partial charge < -0.3 is 0 Å². The van der Waals surface area contributed by atoms with Crippen LogP contribution in [0.5, 0.6) is 0 Å². The highest BCUT2D eigenvalue weighted by Crippen LogP contribution is 2.25. The fourth-order valence-corrected chi connectivity index (χ4v) is 4.02. The molecule has 20 heavy (non-hydrogen) atoms. The van der Waals surface area contributed by atoms with Crippen LogP contribution in [-0.4, -0.2) is 13.4 Å². The van der Waals surface area contributed by atoms with Crippen LogP contribution in [0.3, 0.4) is 0 Å². The van der Waals surface area contributed by atoms with Crippen LogP contribution in [0.4, 0.5) is 5.82 Å². The van der Waals surface area contributed by atoms with Gasteiger partial charge in [-0.25, -0.2) is 13.4 Å². The summed E-state index contributed by atoms with van der Waals surface area (Å²) >= 11 is 6.60. The fraction of sp³-hybridized carbons (Fsp3) is 0.154. The molecule has 0 amide bonds. The third-order valence-electron chi connectivity index (χ3n) is 2.66. The van der Waals surface area contributed by atoms with Crippen LogP contribution in [0.25, 0.3) is 0 Å². The number of hydrogen-bond donors (Lipinski definition) is 1. The molecule has 4 nitrogen and oxygen atoms in total. The SMILES string of the molecule is Cc1ccc(S(=O)(=O)Nc2cc(C)c(Br)cn2)c(Br)c1. The molecule has 1 aromatic carbocycles. The zero-order valence-corrected chi connectivity index (χ0v) is 14.8. The van der Waals surface area contributed by atoms with E-state index in [9.17, 15) is 8.42 Å². The Labute approximate surface area is 134 Å². The van der Waals surface area contributed by atoms with Gasteiger partial charge in [-0.3, -0.25) is 4.72 Å². The van der Waals surface area contributed by atoms with Crippen molar-refractivity contribution in [1.29, 1.82) is 0 Å². The molecule has 0 unspecified atom stereocenters. The van der Waals surface area contributed by atoms with E-state index in [2.05, 4.69) is 41.6 Å². The molecule has 0 saturated carbocycles. The maximum atomic E-state index is 12.3. The topological polar surface area (TPSA) is 59.1 Å². The molecule has 1 heterocycles. The summed E-state index contributed by atoms with van der Waals surface area (Å²) in [6.45, 7) is 3.76. The van der Waals surface area contributed by atoms with Gasteiger partial charge in [0.1, 0.15) is 10.7 Å². The number of aryl methyl sites for hydroxylation is 2.